The Morgan fingerprint density at radius 1 is 0.952 bits per heavy atom. The quantitative estimate of drug-likeness (QED) is 0.618. The smallest absolute Gasteiger partial charge is 0.238 e. The molecule has 2 bridgehead atoms. The molecule has 4 nitrogen and oxygen atoms in total. The number of anilines is 1. The number of imide groups is 1. The van der Waals surface area contributed by atoms with Crippen molar-refractivity contribution in [1.29, 1.82) is 0 Å². The van der Waals surface area contributed by atoms with Gasteiger partial charge in [-0.3, -0.25) is 14.5 Å². The van der Waals surface area contributed by atoms with E-state index in [1.807, 2.05) is 0 Å². The van der Waals surface area contributed by atoms with E-state index in [0.29, 0.717) is 5.69 Å². The topological polar surface area (TPSA) is 46.6 Å². The summed E-state index contributed by atoms with van der Waals surface area (Å²) in [6, 6.07) is 7.12. The molecule has 1 aromatic carbocycles. The molecule has 0 radical (unpaired) electrons. The second kappa shape index (κ2) is 4.45. The zero-order chi connectivity index (χ0) is 14.6. The Balaban J connectivity index is 1.71. The van der Waals surface area contributed by atoms with Crippen LogP contribution in [0.4, 0.5) is 5.69 Å². The van der Waals surface area contributed by atoms with Crippen molar-refractivity contribution in [3.05, 3.63) is 36.4 Å². The van der Waals surface area contributed by atoms with E-state index in [2.05, 4.69) is 12.2 Å². The fourth-order valence-electron chi connectivity index (χ4n) is 4.06. The van der Waals surface area contributed by atoms with Crippen LogP contribution >= 0.6 is 0 Å². The molecular weight excluding hydrogens is 266 g/mol. The average molecular weight is 283 g/mol. The van der Waals surface area contributed by atoms with Crippen molar-refractivity contribution >= 4 is 17.5 Å². The fourth-order valence-corrected chi connectivity index (χ4v) is 4.06. The molecule has 2 unspecified atom stereocenters. The van der Waals surface area contributed by atoms with E-state index >= 15 is 0 Å². The number of hydrogen-bond donors (Lipinski definition) is 0. The summed E-state index contributed by atoms with van der Waals surface area (Å²) in [5.41, 5.74) is 0.652. The number of carbonyl (C=O) groups excluding carboxylic acids is 2. The first-order valence-electron chi connectivity index (χ1n) is 7.41. The first-order valence-corrected chi connectivity index (χ1v) is 7.41. The molecule has 5 rings (SSSR count). The summed E-state index contributed by atoms with van der Waals surface area (Å²) < 4.78 is 5.13. The predicted molar refractivity (Wildman–Crippen MR) is 77.8 cm³/mol. The van der Waals surface area contributed by atoms with Crippen molar-refractivity contribution in [2.24, 2.45) is 23.7 Å². The molecule has 4 heteroatoms. The van der Waals surface area contributed by atoms with E-state index in [0.717, 1.165) is 18.6 Å². The number of carbonyl (C=O) groups is 2. The first-order chi connectivity index (χ1) is 10.2. The van der Waals surface area contributed by atoms with Crippen LogP contribution in [-0.2, 0) is 9.59 Å². The number of amides is 2. The van der Waals surface area contributed by atoms with Crippen molar-refractivity contribution in [1.82, 2.24) is 0 Å². The third-order valence-electron chi connectivity index (χ3n) is 5.09. The van der Waals surface area contributed by atoms with E-state index in [1.165, 1.54) is 4.90 Å². The van der Waals surface area contributed by atoms with E-state index in [1.54, 1.807) is 31.4 Å². The minimum atomic E-state index is -0.150. The molecule has 1 aliphatic heterocycles. The van der Waals surface area contributed by atoms with Gasteiger partial charge >= 0.3 is 0 Å². The standard InChI is InChI=1S/C17H17NO3/c1-21-13-8-6-12(7-9-13)18-16(19)14-10-2-3-11(5-4-10)15(14)17(18)20/h2-3,6-11,14-15H,4-5H2,1H3/t10-,11-,14?,15?/m0/s1. The number of fused-ring (bicyclic) bond motifs is 1. The highest BCUT2D eigenvalue weighted by Gasteiger charge is 2.56. The van der Waals surface area contributed by atoms with Crippen LogP contribution < -0.4 is 9.64 Å². The molecule has 1 heterocycles. The molecule has 0 aromatic heterocycles. The van der Waals surface area contributed by atoms with Gasteiger partial charge in [0.1, 0.15) is 5.75 Å². The number of benzene rings is 1. The van der Waals surface area contributed by atoms with Gasteiger partial charge in [0.15, 0.2) is 0 Å². The third kappa shape index (κ3) is 1.68. The van der Waals surface area contributed by atoms with Crippen LogP contribution in [0.15, 0.2) is 36.4 Å². The van der Waals surface area contributed by atoms with Crippen molar-refractivity contribution in [2.75, 3.05) is 12.0 Å². The Bertz CT molecular complexity index is 602. The summed E-state index contributed by atoms with van der Waals surface area (Å²) in [6.07, 6.45) is 6.33. The Labute approximate surface area is 123 Å². The van der Waals surface area contributed by atoms with E-state index in [4.69, 9.17) is 4.74 Å². The molecule has 1 saturated heterocycles. The highest BCUT2D eigenvalue weighted by Crippen LogP contribution is 2.50. The minimum Gasteiger partial charge on any atom is -0.497 e. The van der Waals surface area contributed by atoms with E-state index in [9.17, 15) is 9.59 Å². The second-order valence-corrected chi connectivity index (χ2v) is 6.05. The molecule has 1 saturated carbocycles. The van der Waals surface area contributed by atoms with Crippen LogP contribution in [0.2, 0.25) is 0 Å². The normalized spacial score (nSPS) is 33.5. The van der Waals surface area contributed by atoms with Crippen molar-refractivity contribution in [3.8, 4) is 5.75 Å². The molecule has 108 valence electrons. The van der Waals surface area contributed by atoms with Crippen molar-refractivity contribution in [3.63, 3.8) is 0 Å². The summed E-state index contributed by atoms with van der Waals surface area (Å²) in [5, 5.41) is 0. The largest absolute Gasteiger partial charge is 0.497 e. The summed E-state index contributed by atoms with van der Waals surface area (Å²) in [6.45, 7) is 0. The lowest BCUT2D eigenvalue weighted by Crippen LogP contribution is -2.38. The highest BCUT2D eigenvalue weighted by molar-refractivity contribution is 6.22. The van der Waals surface area contributed by atoms with Crippen LogP contribution in [0, 0.1) is 23.7 Å². The monoisotopic (exact) mass is 283 g/mol. The summed E-state index contributed by atoms with van der Waals surface area (Å²) >= 11 is 0. The maximum absolute atomic E-state index is 12.7. The zero-order valence-electron chi connectivity index (χ0n) is 11.9. The van der Waals surface area contributed by atoms with Crippen LogP contribution in [0.25, 0.3) is 0 Å². The first kappa shape index (κ1) is 12.6. The van der Waals surface area contributed by atoms with Crippen molar-refractivity contribution < 1.29 is 14.3 Å². The molecular formula is C17H17NO3. The molecule has 4 atom stereocenters. The molecule has 0 N–H and O–H groups in total. The van der Waals surface area contributed by atoms with Gasteiger partial charge in [-0.25, -0.2) is 0 Å². The van der Waals surface area contributed by atoms with Gasteiger partial charge in [-0.2, -0.15) is 0 Å². The van der Waals surface area contributed by atoms with Gasteiger partial charge in [-0.1, -0.05) is 12.2 Å². The van der Waals surface area contributed by atoms with Crippen LogP contribution in [0.3, 0.4) is 0 Å². The van der Waals surface area contributed by atoms with Gasteiger partial charge < -0.3 is 4.74 Å². The third-order valence-corrected chi connectivity index (χ3v) is 5.09. The van der Waals surface area contributed by atoms with E-state index < -0.39 is 0 Å². The molecule has 4 aliphatic rings. The van der Waals surface area contributed by atoms with E-state index in [-0.39, 0.29) is 35.5 Å². The van der Waals surface area contributed by atoms with Gasteiger partial charge in [0.05, 0.1) is 24.6 Å². The number of rotatable bonds is 2. The van der Waals surface area contributed by atoms with Crippen LogP contribution in [0.5, 0.6) is 5.75 Å². The van der Waals surface area contributed by atoms with Gasteiger partial charge in [0, 0.05) is 0 Å². The molecule has 2 amide bonds. The molecule has 1 aromatic rings. The summed E-state index contributed by atoms with van der Waals surface area (Å²) in [4.78, 5) is 26.9. The van der Waals surface area contributed by atoms with Gasteiger partial charge in [-0.15, -0.1) is 0 Å². The number of allylic oxidation sites excluding steroid dienone is 2. The molecule has 21 heavy (non-hydrogen) atoms. The Hall–Kier alpha value is -2.10. The number of methoxy groups -OCH3 is 1. The Kier molecular flexibility index (Phi) is 2.67. The maximum atomic E-state index is 12.7. The van der Waals surface area contributed by atoms with Crippen molar-refractivity contribution in [2.45, 2.75) is 12.8 Å². The zero-order valence-corrected chi connectivity index (χ0v) is 11.9. The summed E-state index contributed by atoms with van der Waals surface area (Å²) in [5.74, 6) is 0.825. The Morgan fingerprint density at radius 2 is 1.48 bits per heavy atom. The number of ether oxygens (including phenoxy) is 1. The predicted octanol–water partition coefficient (Wildman–Crippen LogP) is 2.40. The molecule has 3 aliphatic carbocycles. The molecule has 0 spiro atoms. The highest BCUT2D eigenvalue weighted by atomic mass is 16.5. The lowest BCUT2D eigenvalue weighted by atomic mass is 9.63. The SMILES string of the molecule is COc1ccc(N2C(=O)C3C(C2=O)[C@H]2C=C[C@H]3CC2)cc1. The number of nitrogens with zero attached hydrogens (tertiary/aromatic N) is 1. The second-order valence-electron chi connectivity index (χ2n) is 6.05. The molecule has 2 fully saturated rings. The lowest BCUT2D eigenvalue weighted by molar-refractivity contribution is -0.124. The van der Waals surface area contributed by atoms with Gasteiger partial charge in [0.2, 0.25) is 11.8 Å². The van der Waals surface area contributed by atoms with Gasteiger partial charge in [0.25, 0.3) is 0 Å². The summed E-state index contributed by atoms with van der Waals surface area (Å²) in [7, 11) is 1.60. The average Bonchev–Trinajstić information content (AvgIpc) is 2.82. The fraction of sp³-hybridized carbons (Fsp3) is 0.412. The maximum Gasteiger partial charge on any atom is 0.238 e. The lowest BCUT2D eigenvalue weighted by Gasteiger charge is -2.38. The Morgan fingerprint density at radius 3 is 1.90 bits per heavy atom. The minimum absolute atomic E-state index is 0.0331. The number of hydrogen-bond acceptors (Lipinski definition) is 3. The van der Waals surface area contributed by atoms with Crippen LogP contribution in [-0.4, -0.2) is 18.9 Å². The van der Waals surface area contributed by atoms with Gasteiger partial charge in [-0.05, 0) is 48.9 Å². The van der Waals surface area contributed by atoms with Crippen LogP contribution in [0.1, 0.15) is 12.8 Å².